The first kappa shape index (κ1) is 24.8. The van der Waals surface area contributed by atoms with Crippen LogP contribution in [0.4, 0.5) is 4.79 Å². The molecule has 0 fully saturated rings. The summed E-state index contributed by atoms with van der Waals surface area (Å²) in [6.07, 6.45) is 0.556. The summed E-state index contributed by atoms with van der Waals surface area (Å²) in [5, 5.41) is 2.50. The van der Waals surface area contributed by atoms with E-state index in [2.05, 4.69) is 5.32 Å². The third kappa shape index (κ3) is 11.9. The standard InChI is InChI=1S/C17H23NO4.C4H10O/c1-12(20)15(13-8-6-5-7-9-13)10-14(11-19)18-16(21)22-17(2,3)4;1-4(2)5-3/h5-9,11,14-15H,10H2,1-4H3,(H,18,21);4H,1-3H3. The highest BCUT2D eigenvalue weighted by atomic mass is 16.6. The number of ether oxygens (including phenoxy) is 2. The number of benzene rings is 1. The van der Waals surface area contributed by atoms with E-state index in [0.29, 0.717) is 12.4 Å². The fourth-order valence-corrected chi connectivity index (χ4v) is 2.08. The Morgan fingerprint density at radius 3 is 2.04 bits per heavy atom. The fourth-order valence-electron chi connectivity index (χ4n) is 2.08. The third-order valence-corrected chi connectivity index (χ3v) is 3.52. The molecule has 2 unspecified atom stereocenters. The molecule has 0 heterocycles. The Hall–Kier alpha value is -2.21. The van der Waals surface area contributed by atoms with Crippen LogP contribution in [0, 0.1) is 0 Å². The van der Waals surface area contributed by atoms with Crippen molar-refractivity contribution in [2.24, 2.45) is 0 Å². The van der Waals surface area contributed by atoms with Crippen molar-refractivity contribution in [3.05, 3.63) is 35.9 Å². The van der Waals surface area contributed by atoms with Crippen molar-refractivity contribution in [2.75, 3.05) is 7.11 Å². The average molecular weight is 379 g/mol. The van der Waals surface area contributed by atoms with Crippen LogP contribution >= 0.6 is 0 Å². The van der Waals surface area contributed by atoms with Gasteiger partial charge >= 0.3 is 6.09 Å². The molecule has 0 bridgehead atoms. The molecule has 0 aromatic heterocycles. The highest BCUT2D eigenvalue weighted by Crippen LogP contribution is 2.22. The summed E-state index contributed by atoms with van der Waals surface area (Å²) in [4.78, 5) is 34.8. The number of Topliss-reactive ketones (excluding diaryl/α,β-unsaturated/α-hetero) is 1. The smallest absolute Gasteiger partial charge is 0.408 e. The first-order chi connectivity index (χ1) is 12.5. The Morgan fingerprint density at radius 1 is 1.15 bits per heavy atom. The van der Waals surface area contributed by atoms with E-state index in [1.54, 1.807) is 27.9 Å². The molecule has 0 spiro atoms. The number of hydrogen-bond donors (Lipinski definition) is 1. The zero-order valence-corrected chi connectivity index (χ0v) is 17.4. The number of amides is 1. The van der Waals surface area contributed by atoms with Crippen molar-refractivity contribution < 1.29 is 23.9 Å². The molecule has 6 nitrogen and oxygen atoms in total. The van der Waals surface area contributed by atoms with Gasteiger partial charge in [0.25, 0.3) is 0 Å². The van der Waals surface area contributed by atoms with Crippen LogP contribution in [0.25, 0.3) is 0 Å². The topological polar surface area (TPSA) is 81.7 Å². The van der Waals surface area contributed by atoms with Gasteiger partial charge in [-0.25, -0.2) is 4.79 Å². The Bertz CT molecular complexity index is 578. The number of aldehydes is 1. The first-order valence-electron chi connectivity index (χ1n) is 9.03. The minimum absolute atomic E-state index is 0.0518. The molecule has 152 valence electrons. The maximum absolute atomic E-state index is 11.9. The number of alkyl carbamates (subject to hydrolysis) is 1. The van der Waals surface area contributed by atoms with Gasteiger partial charge in [-0.05, 0) is 53.5 Å². The number of hydrogen-bond acceptors (Lipinski definition) is 5. The van der Waals surface area contributed by atoms with Crippen LogP contribution in [0.15, 0.2) is 30.3 Å². The minimum atomic E-state index is -0.774. The molecule has 1 amide bonds. The molecular weight excluding hydrogens is 346 g/mol. The van der Waals surface area contributed by atoms with Crippen molar-refractivity contribution in [3.8, 4) is 0 Å². The number of ketones is 1. The predicted molar refractivity (Wildman–Crippen MR) is 106 cm³/mol. The van der Waals surface area contributed by atoms with Crippen LogP contribution in [0.3, 0.4) is 0 Å². The summed E-state index contributed by atoms with van der Waals surface area (Å²) in [5.41, 5.74) is 0.185. The molecule has 27 heavy (non-hydrogen) atoms. The summed E-state index contributed by atoms with van der Waals surface area (Å²) in [6, 6.07) is 8.42. The van der Waals surface area contributed by atoms with Crippen LogP contribution in [-0.4, -0.2) is 43.0 Å². The molecule has 1 N–H and O–H groups in total. The van der Waals surface area contributed by atoms with E-state index in [0.717, 1.165) is 5.56 Å². The van der Waals surface area contributed by atoms with Gasteiger partial charge in [-0.2, -0.15) is 0 Å². The van der Waals surface area contributed by atoms with E-state index in [4.69, 9.17) is 9.47 Å². The Balaban J connectivity index is 0.00000119. The average Bonchev–Trinajstić information content (AvgIpc) is 2.57. The molecule has 1 aromatic carbocycles. The lowest BCUT2D eigenvalue weighted by molar-refractivity contribution is -0.119. The normalized spacial score (nSPS) is 13.0. The molecule has 1 aromatic rings. The van der Waals surface area contributed by atoms with E-state index >= 15 is 0 Å². The number of rotatable bonds is 7. The molecule has 0 saturated heterocycles. The predicted octanol–water partition coefficient (Wildman–Crippen LogP) is 3.88. The zero-order chi connectivity index (χ0) is 21.0. The van der Waals surface area contributed by atoms with Gasteiger partial charge in [0.05, 0.1) is 12.1 Å². The lowest BCUT2D eigenvalue weighted by atomic mass is 9.89. The summed E-state index contributed by atoms with van der Waals surface area (Å²) in [7, 11) is 1.70. The largest absolute Gasteiger partial charge is 0.444 e. The second-order valence-corrected chi connectivity index (χ2v) is 7.48. The second-order valence-electron chi connectivity index (χ2n) is 7.48. The quantitative estimate of drug-likeness (QED) is 0.727. The van der Waals surface area contributed by atoms with Crippen molar-refractivity contribution in [1.82, 2.24) is 5.32 Å². The van der Waals surface area contributed by atoms with Gasteiger partial charge in [0, 0.05) is 13.0 Å². The van der Waals surface area contributed by atoms with Gasteiger partial charge in [-0.15, -0.1) is 0 Å². The summed E-state index contributed by atoms with van der Waals surface area (Å²) in [5.74, 6) is -0.490. The van der Waals surface area contributed by atoms with Crippen LogP contribution < -0.4 is 5.32 Å². The van der Waals surface area contributed by atoms with Crippen molar-refractivity contribution in [3.63, 3.8) is 0 Å². The molecule has 0 aliphatic carbocycles. The number of carbonyl (C=O) groups is 3. The Kier molecular flexibility index (Phi) is 11.2. The van der Waals surface area contributed by atoms with E-state index in [9.17, 15) is 14.4 Å². The van der Waals surface area contributed by atoms with Gasteiger partial charge in [0.2, 0.25) is 0 Å². The molecule has 0 radical (unpaired) electrons. The number of carbonyl (C=O) groups excluding carboxylic acids is 3. The van der Waals surface area contributed by atoms with E-state index in [1.807, 2.05) is 44.2 Å². The molecule has 0 aliphatic rings. The van der Waals surface area contributed by atoms with E-state index in [-0.39, 0.29) is 12.2 Å². The Morgan fingerprint density at radius 2 is 1.67 bits per heavy atom. The highest BCUT2D eigenvalue weighted by molar-refractivity contribution is 5.84. The van der Waals surface area contributed by atoms with Gasteiger partial charge in [0.1, 0.15) is 17.7 Å². The van der Waals surface area contributed by atoms with Crippen LogP contribution in [-0.2, 0) is 19.1 Å². The van der Waals surface area contributed by atoms with Gasteiger partial charge in [0.15, 0.2) is 0 Å². The fraction of sp³-hybridized carbons (Fsp3) is 0.571. The van der Waals surface area contributed by atoms with Crippen molar-refractivity contribution in [1.29, 1.82) is 0 Å². The molecule has 0 aliphatic heterocycles. The molecule has 6 heteroatoms. The molecule has 1 rings (SSSR count). The molecule has 2 atom stereocenters. The lowest BCUT2D eigenvalue weighted by Gasteiger charge is -2.23. The number of methoxy groups -OCH3 is 1. The SMILES string of the molecule is CC(=O)C(CC(C=O)NC(=O)OC(C)(C)C)c1ccccc1.COC(C)C. The van der Waals surface area contributed by atoms with E-state index < -0.39 is 23.7 Å². The first-order valence-corrected chi connectivity index (χ1v) is 9.03. The van der Waals surface area contributed by atoms with Gasteiger partial charge in [-0.1, -0.05) is 30.3 Å². The summed E-state index contributed by atoms with van der Waals surface area (Å²) < 4.78 is 9.87. The van der Waals surface area contributed by atoms with Crippen molar-refractivity contribution >= 4 is 18.2 Å². The molecular formula is C21H33NO5. The summed E-state index contributed by atoms with van der Waals surface area (Å²) in [6.45, 7) is 10.7. The van der Waals surface area contributed by atoms with Gasteiger partial charge < -0.3 is 19.6 Å². The van der Waals surface area contributed by atoms with Crippen LogP contribution in [0.1, 0.15) is 59.4 Å². The molecule has 0 saturated carbocycles. The number of nitrogens with one attached hydrogen (secondary N) is 1. The second kappa shape index (κ2) is 12.2. The summed E-state index contributed by atoms with van der Waals surface area (Å²) >= 11 is 0. The monoisotopic (exact) mass is 379 g/mol. The zero-order valence-electron chi connectivity index (χ0n) is 17.4. The van der Waals surface area contributed by atoms with Crippen molar-refractivity contribution in [2.45, 2.75) is 71.6 Å². The minimum Gasteiger partial charge on any atom is -0.444 e. The highest BCUT2D eigenvalue weighted by Gasteiger charge is 2.24. The van der Waals surface area contributed by atoms with Gasteiger partial charge in [-0.3, -0.25) is 4.79 Å². The maximum Gasteiger partial charge on any atom is 0.408 e. The van der Waals surface area contributed by atoms with E-state index in [1.165, 1.54) is 6.92 Å². The lowest BCUT2D eigenvalue weighted by Crippen LogP contribution is -2.41. The van der Waals surface area contributed by atoms with Crippen LogP contribution in [0.2, 0.25) is 0 Å². The third-order valence-electron chi connectivity index (χ3n) is 3.52. The van der Waals surface area contributed by atoms with Crippen LogP contribution in [0.5, 0.6) is 0 Å². The Labute approximate surface area is 162 Å². The maximum atomic E-state index is 11.9.